The number of carbonyl (C=O) groups is 1. The van der Waals surface area contributed by atoms with Gasteiger partial charge in [-0.05, 0) is 38.3 Å². The van der Waals surface area contributed by atoms with Crippen molar-refractivity contribution in [2.75, 3.05) is 6.54 Å². The zero-order valence-electron chi connectivity index (χ0n) is 13.3. The van der Waals surface area contributed by atoms with E-state index in [-0.39, 0.29) is 11.7 Å². The van der Waals surface area contributed by atoms with Crippen LogP contribution in [0.5, 0.6) is 0 Å². The summed E-state index contributed by atoms with van der Waals surface area (Å²) in [5.41, 5.74) is 3.03. The number of benzene rings is 1. The molecule has 1 amide bonds. The van der Waals surface area contributed by atoms with Gasteiger partial charge in [-0.15, -0.1) is 5.10 Å². The highest BCUT2D eigenvalue weighted by Crippen LogP contribution is 2.05. The van der Waals surface area contributed by atoms with Crippen LogP contribution >= 0.6 is 0 Å². The first-order valence-corrected chi connectivity index (χ1v) is 7.66. The second-order valence-corrected chi connectivity index (χ2v) is 5.53. The van der Waals surface area contributed by atoms with Crippen molar-refractivity contribution in [2.24, 2.45) is 0 Å². The van der Waals surface area contributed by atoms with E-state index in [1.54, 1.807) is 4.52 Å². The van der Waals surface area contributed by atoms with Crippen LogP contribution in [-0.4, -0.2) is 32.0 Å². The molecule has 2 heterocycles. The quantitative estimate of drug-likeness (QED) is 0.733. The average molecular weight is 309 g/mol. The minimum atomic E-state index is -0.263. The van der Waals surface area contributed by atoms with E-state index in [1.165, 1.54) is 5.56 Å². The van der Waals surface area contributed by atoms with Crippen LogP contribution in [0, 0.1) is 13.8 Å². The van der Waals surface area contributed by atoms with E-state index in [1.807, 2.05) is 38.1 Å². The molecule has 0 fully saturated rings. The van der Waals surface area contributed by atoms with Crippen LogP contribution in [0.4, 0.5) is 0 Å². The highest BCUT2D eigenvalue weighted by atomic mass is 16.2. The van der Waals surface area contributed by atoms with Crippen LogP contribution in [0.2, 0.25) is 0 Å². The van der Waals surface area contributed by atoms with E-state index in [2.05, 4.69) is 32.5 Å². The maximum atomic E-state index is 12.1. The largest absolute Gasteiger partial charge is 0.349 e. The highest BCUT2D eigenvalue weighted by Gasteiger charge is 2.14. The third-order valence-electron chi connectivity index (χ3n) is 3.59. The van der Waals surface area contributed by atoms with Crippen LogP contribution in [0.15, 0.2) is 36.4 Å². The Morgan fingerprint density at radius 3 is 2.74 bits per heavy atom. The molecule has 0 saturated heterocycles. The Morgan fingerprint density at radius 1 is 1.17 bits per heavy atom. The average Bonchev–Trinajstić information content (AvgIpc) is 2.97. The molecule has 3 aromatic rings. The van der Waals surface area contributed by atoms with Gasteiger partial charge < -0.3 is 5.32 Å². The van der Waals surface area contributed by atoms with Crippen molar-refractivity contribution >= 4 is 11.7 Å². The summed E-state index contributed by atoms with van der Waals surface area (Å²) in [5.74, 6) is 0.350. The van der Waals surface area contributed by atoms with Gasteiger partial charge in [0.05, 0.1) is 0 Å². The predicted octanol–water partition coefficient (Wildman–Crippen LogP) is 2.10. The fraction of sp³-hybridized carbons (Fsp3) is 0.294. The maximum Gasteiger partial charge on any atom is 0.291 e. The summed E-state index contributed by atoms with van der Waals surface area (Å²) >= 11 is 0. The summed E-state index contributed by atoms with van der Waals surface area (Å²) in [5, 5.41) is 7.08. The molecule has 0 spiro atoms. The second-order valence-electron chi connectivity index (χ2n) is 5.53. The van der Waals surface area contributed by atoms with Crippen molar-refractivity contribution in [1.82, 2.24) is 24.9 Å². The minimum absolute atomic E-state index is 0.158. The van der Waals surface area contributed by atoms with Gasteiger partial charge in [0, 0.05) is 17.9 Å². The molecular formula is C17H19N5O. The molecule has 118 valence electrons. The Labute approximate surface area is 134 Å². The second kappa shape index (κ2) is 6.56. The van der Waals surface area contributed by atoms with Crippen molar-refractivity contribution in [2.45, 2.75) is 26.7 Å². The maximum absolute atomic E-state index is 12.1. The van der Waals surface area contributed by atoms with E-state index in [0.29, 0.717) is 12.3 Å². The molecule has 0 atom stereocenters. The first-order chi connectivity index (χ1) is 11.1. The Morgan fingerprint density at radius 2 is 1.96 bits per heavy atom. The first kappa shape index (κ1) is 15.1. The van der Waals surface area contributed by atoms with Crippen LogP contribution in [-0.2, 0) is 6.42 Å². The van der Waals surface area contributed by atoms with Crippen molar-refractivity contribution in [3.8, 4) is 0 Å². The number of hydrogen-bond donors (Lipinski definition) is 1. The van der Waals surface area contributed by atoms with Crippen LogP contribution in [0.25, 0.3) is 5.78 Å². The van der Waals surface area contributed by atoms with Crippen LogP contribution in [0.3, 0.4) is 0 Å². The van der Waals surface area contributed by atoms with Gasteiger partial charge in [0.25, 0.3) is 11.7 Å². The number of aryl methyl sites for hydroxylation is 3. The van der Waals surface area contributed by atoms with Gasteiger partial charge in [0.2, 0.25) is 5.82 Å². The normalized spacial score (nSPS) is 10.9. The molecule has 1 N–H and O–H groups in total. The van der Waals surface area contributed by atoms with Gasteiger partial charge in [-0.1, -0.05) is 30.3 Å². The van der Waals surface area contributed by atoms with Crippen molar-refractivity contribution in [3.05, 3.63) is 59.2 Å². The van der Waals surface area contributed by atoms with Crippen LogP contribution in [0.1, 0.15) is 34.0 Å². The third-order valence-corrected chi connectivity index (χ3v) is 3.59. The molecular weight excluding hydrogens is 290 g/mol. The number of nitrogens with one attached hydrogen (secondary N) is 1. The molecule has 0 radical (unpaired) electrons. The molecule has 1 aromatic carbocycles. The van der Waals surface area contributed by atoms with Gasteiger partial charge in [0.1, 0.15) is 0 Å². The molecule has 0 saturated carbocycles. The molecule has 6 nitrogen and oxygen atoms in total. The molecule has 3 rings (SSSR count). The molecule has 0 aliphatic rings. The number of aromatic nitrogens is 4. The first-order valence-electron chi connectivity index (χ1n) is 7.66. The van der Waals surface area contributed by atoms with Crippen molar-refractivity contribution in [1.29, 1.82) is 0 Å². The predicted molar refractivity (Wildman–Crippen MR) is 87.4 cm³/mol. The van der Waals surface area contributed by atoms with Gasteiger partial charge in [-0.25, -0.2) is 9.50 Å². The van der Waals surface area contributed by atoms with Gasteiger partial charge in [-0.3, -0.25) is 4.79 Å². The molecule has 0 aliphatic heterocycles. The fourth-order valence-electron chi connectivity index (χ4n) is 2.48. The zero-order valence-corrected chi connectivity index (χ0v) is 13.3. The molecule has 0 aliphatic carbocycles. The number of rotatable bonds is 5. The fourth-order valence-corrected chi connectivity index (χ4v) is 2.48. The number of nitrogens with zero attached hydrogens (tertiary/aromatic N) is 4. The van der Waals surface area contributed by atoms with Gasteiger partial charge in [0.15, 0.2) is 0 Å². The Kier molecular flexibility index (Phi) is 4.32. The molecule has 0 bridgehead atoms. The van der Waals surface area contributed by atoms with Crippen LogP contribution < -0.4 is 5.32 Å². The van der Waals surface area contributed by atoms with Gasteiger partial charge in [-0.2, -0.15) is 4.98 Å². The standard InChI is InChI=1S/C17H19N5O/c1-12-11-13(2)22-17(19-12)20-15(21-22)16(23)18-10-6-9-14-7-4-3-5-8-14/h3-5,7-8,11H,6,9-10H2,1-2H3,(H,18,23). The minimum Gasteiger partial charge on any atom is -0.349 e. The van der Waals surface area contributed by atoms with E-state index >= 15 is 0 Å². The Bertz CT molecular complexity index is 826. The lowest BCUT2D eigenvalue weighted by atomic mass is 10.1. The smallest absolute Gasteiger partial charge is 0.291 e. The summed E-state index contributed by atoms with van der Waals surface area (Å²) in [4.78, 5) is 20.6. The number of amides is 1. The Balaban J connectivity index is 1.59. The summed E-state index contributed by atoms with van der Waals surface area (Å²) in [6.07, 6.45) is 1.80. The number of fused-ring (bicyclic) bond motifs is 1. The van der Waals surface area contributed by atoms with Crippen molar-refractivity contribution < 1.29 is 4.79 Å². The van der Waals surface area contributed by atoms with E-state index in [0.717, 1.165) is 24.2 Å². The molecule has 23 heavy (non-hydrogen) atoms. The Hall–Kier alpha value is -2.76. The summed E-state index contributed by atoms with van der Waals surface area (Å²) in [7, 11) is 0. The van der Waals surface area contributed by atoms with Gasteiger partial charge >= 0.3 is 0 Å². The number of carbonyl (C=O) groups excluding carboxylic acids is 1. The van der Waals surface area contributed by atoms with E-state index < -0.39 is 0 Å². The molecule has 6 heteroatoms. The lowest BCUT2D eigenvalue weighted by Crippen LogP contribution is -2.26. The summed E-state index contributed by atoms with van der Waals surface area (Å²) in [6.45, 7) is 4.40. The van der Waals surface area contributed by atoms with E-state index in [4.69, 9.17) is 0 Å². The SMILES string of the molecule is Cc1cc(C)n2nc(C(=O)NCCCc3ccccc3)nc2n1. The summed E-state index contributed by atoms with van der Waals surface area (Å²) < 4.78 is 1.59. The zero-order chi connectivity index (χ0) is 16.2. The third kappa shape index (κ3) is 3.53. The topological polar surface area (TPSA) is 72.2 Å². The van der Waals surface area contributed by atoms with Crippen molar-refractivity contribution in [3.63, 3.8) is 0 Å². The lowest BCUT2D eigenvalue weighted by molar-refractivity contribution is 0.0943. The lowest BCUT2D eigenvalue weighted by Gasteiger charge is -2.02. The molecule has 0 unspecified atom stereocenters. The molecule has 2 aromatic heterocycles. The monoisotopic (exact) mass is 309 g/mol. The highest BCUT2D eigenvalue weighted by molar-refractivity contribution is 5.90. The summed E-state index contributed by atoms with van der Waals surface area (Å²) in [6, 6.07) is 12.1. The number of hydrogen-bond acceptors (Lipinski definition) is 4. The van der Waals surface area contributed by atoms with E-state index in [9.17, 15) is 4.79 Å².